The molecule has 1 unspecified atom stereocenters. The van der Waals surface area contributed by atoms with Crippen molar-refractivity contribution in [2.75, 3.05) is 25.4 Å². The molecule has 2 heterocycles. The molecule has 9 heteroatoms. The van der Waals surface area contributed by atoms with E-state index in [0.717, 1.165) is 24.6 Å². The third-order valence-electron chi connectivity index (χ3n) is 4.42. The minimum atomic E-state index is -1.11. The zero-order valence-electron chi connectivity index (χ0n) is 14.5. The molecule has 1 N–H and O–H groups in total. The van der Waals surface area contributed by atoms with E-state index in [0.29, 0.717) is 18.8 Å². The number of hydrogen-bond donors (Lipinski definition) is 1. The summed E-state index contributed by atoms with van der Waals surface area (Å²) in [5.74, 6) is -1.63. The van der Waals surface area contributed by atoms with Crippen LogP contribution in [-0.2, 0) is 19.1 Å². The van der Waals surface area contributed by atoms with E-state index in [-0.39, 0.29) is 24.0 Å². The third kappa shape index (κ3) is 5.10. The first kappa shape index (κ1) is 19.6. The van der Waals surface area contributed by atoms with Gasteiger partial charge in [0.2, 0.25) is 5.91 Å². The summed E-state index contributed by atoms with van der Waals surface area (Å²) in [7, 11) is 0. The second kappa shape index (κ2) is 8.55. The molecule has 2 aliphatic heterocycles. The van der Waals surface area contributed by atoms with Crippen molar-refractivity contribution in [1.29, 1.82) is 0 Å². The number of carbonyl (C=O) groups is 4. The average molecular weight is 372 g/mol. The van der Waals surface area contributed by atoms with Crippen LogP contribution in [0.3, 0.4) is 0 Å². The predicted octanol–water partition coefficient (Wildman–Crippen LogP) is 1.19. The lowest BCUT2D eigenvalue weighted by Crippen LogP contribution is -2.43. The number of nitrogens with zero attached hydrogens (tertiary/aromatic N) is 2. The summed E-state index contributed by atoms with van der Waals surface area (Å²) in [6.45, 7) is 4.46. The maximum Gasteiger partial charge on any atom is 0.410 e. The molecular formula is C16H24N2O6S. The SMILES string of the molecule is CC(=O)SCC(C)C(=O)N1C[C@H](OC(=O)N2CCCC2)C[C@H]1C(=O)O. The van der Waals surface area contributed by atoms with Gasteiger partial charge in [0, 0.05) is 38.1 Å². The summed E-state index contributed by atoms with van der Waals surface area (Å²) in [5.41, 5.74) is 0. The van der Waals surface area contributed by atoms with Gasteiger partial charge in [-0.15, -0.1) is 0 Å². The molecule has 2 saturated heterocycles. The van der Waals surface area contributed by atoms with Crippen LogP contribution in [0.25, 0.3) is 0 Å². The number of likely N-dealkylation sites (tertiary alicyclic amines) is 2. The second-order valence-corrected chi connectivity index (χ2v) is 7.68. The number of amides is 2. The van der Waals surface area contributed by atoms with Crippen molar-refractivity contribution < 1.29 is 29.0 Å². The summed E-state index contributed by atoms with van der Waals surface area (Å²) in [4.78, 5) is 50.0. The van der Waals surface area contributed by atoms with Crippen LogP contribution >= 0.6 is 11.8 Å². The Morgan fingerprint density at radius 3 is 2.44 bits per heavy atom. The molecular weight excluding hydrogens is 348 g/mol. The van der Waals surface area contributed by atoms with Crippen LogP contribution in [-0.4, -0.2) is 75.5 Å². The molecule has 2 amide bonds. The van der Waals surface area contributed by atoms with Gasteiger partial charge in [0.15, 0.2) is 5.12 Å². The van der Waals surface area contributed by atoms with Gasteiger partial charge in [0.05, 0.1) is 6.54 Å². The first-order valence-corrected chi connectivity index (χ1v) is 9.40. The van der Waals surface area contributed by atoms with E-state index in [1.165, 1.54) is 11.8 Å². The van der Waals surface area contributed by atoms with E-state index in [1.807, 2.05) is 0 Å². The van der Waals surface area contributed by atoms with E-state index in [1.54, 1.807) is 11.8 Å². The van der Waals surface area contributed by atoms with Crippen molar-refractivity contribution in [1.82, 2.24) is 9.80 Å². The lowest BCUT2D eigenvalue weighted by Gasteiger charge is -2.24. The fourth-order valence-electron chi connectivity index (χ4n) is 3.07. The maximum absolute atomic E-state index is 12.5. The van der Waals surface area contributed by atoms with Crippen LogP contribution < -0.4 is 0 Å². The van der Waals surface area contributed by atoms with Crippen LogP contribution in [0.5, 0.6) is 0 Å². The average Bonchev–Trinajstić information content (AvgIpc) is 3.21. The van der Waals surface area contributed by atoms with Gasteiger partial charge < -0.3 is 19.6 Å². The van der Waals surface area contributed by atoms with E-state index >= 15 is 0 Å². The van der Waals surface area contributed by atoms with Crippen LogP contribution in [0.2, 0.25) is 0 Å². The van der Waals surface area contributed by atoms with E-state index in [2.05, 4.69) is 0 Å². The molecule has 0 radical (unpaired) electrons. The predicted molar refractivity (Wildman–Crippen MR) is 91.1 cm³/mol. The van der Waals surface area contributed by atoms with Gasteiger partial charge in [0.25, 0.3) is 0 Å². The Morgan fingerprint density at radius 1 is 1.24 bits per heavy atom. The monoisotopic (exact) mass is 372 g/mol. The number of ether oxygens (including phenoxy) is 1. The maximum atomic E-state index is 12.5. The van der Waals surface area contributed by atoms with Crippen LogP contribution in [0.15, 0.2) is 0 Å². The number of hydrogen-bond acceptors (Lipinski definition) is 6. The van der Waals surface area contributed by atoms with Gasteiger partial charge in [0.1, 0.15) is 12.1 Å². The van der Waals surface area contributed by atoms with Gasteiger partial charge in [-0.2, -0.15) is 0 Å². The molecule has 25 heavy (non-hydrogen) atoms. The van der Waals surface area contributed by atoms with Gasteiger partial charge in [-0.25, -0.2) is 9.59 Å². The number of aliphatic carboxylic acids is 1. The Labute approximate surface area is 150 Å². The van der Waals surface area contributed by atoms with Crippen LogP contribution in [0.4, 0.5) is 4.79 Å². The highest BCUT2D eigenvalue weighted by atomic mass is 32.2. The highest BCUT2D eigenvalue weighted by molar-refractivity contribution is 8.13. The zero-order valence-corrected chi connectivity index (χ0v) is 15.3. The molecule has 0 aromatic carbocycles. The van der Waals surface area contributed by atoms with E-state index < -0.39 is 30.1 Å². The first-order valence-electron chi connectivity index (χ1n) is 8.41. The van der Waals surface area contributed by atoms with Crippen molar-refractivity contribution in [2.24, 2.45) is 5.92 Å². The van der Waals surface area contributed by atoms with Crippen molar-refractivity contribution in [3.63, 3.8) is 0 Å². The summed E-state index contributed by atoms with van der Waals surface area (Å²) >= 11 is 1.04. The summed E-state index contributed by atoms with van der Waals surface area (Å²) < 4.78 is 5.40. The van der Waals surface area contributed by atoms with Crippen molar-refractivity contribution in [3.8, 4) is 0 Å². The highest BCUT2D eigenvalue weighted by Crippen LogP contribution is 2.25. The van der Waals surface area contributed by atoms with Crippen molar-refractivity contribution in [3.05, 3.63) is 0 Å². The highest BCUT2D eigenvalue weighted by Gasteiger charge is 2.43. The first-order chi connectivity index (χ1) is 11.8. The second-order valence-electron chi connectivity index (χ2n) is 6.48. The molecule has 0 aliphatic carbocycles. The topological polar surface area (TPSA) is 104 Å². The molecule has 0 aromatic heterocycles. The molecule has 0 aromatic rings. The Hall–Kier alpha value is -1.77. The fourth-order valence-corrected chi connectivity index (χ4v) is 3.70. The summed E-state index contributed by atoms with van der Waals surface area (Å²) in [6.07, 6.45) is 0.903. The Morgan fingerprint density at radius 2 is 1.88 bits per heavy atom. The standard InChI is InChI=1S/C16H24N2O6S/c1-10(9-25-11(2)19)14(20)18-8-12(7-13(18)15(21)22)24-16(23)17-5-3-4-6-17/h10,12-13H,3-9H2,1-2H3,(H,21,22)/t10?,12-,13+/m1/s1. The molecule has 8 nitrogen and oxygen atoms in total. The number of carboxylic acids is 1. The fraction of sp³-hybridized carbons (Fsp3) is 0.750. The van der Waals surface area contributed by atoms with Gasteiger partial charge >= 0.3 is 12.1 Å². The molecule has 2 rings (SSSR count). The van der Waals surface area contributed by atoms with Gasteiger partial charge in [-0.1, -0.05) is 18.7 Å². The molecule has 0 saturated carbocycles. The quantitative estimate of drug-likeness (QED) is 0.773. The van der Waals surface area contributed by atoms with Gasteiger partial charge in [-0.3, -0.25) is 9.59 Å². The number of rotatable bonds is 5. The minimum Gasteiger partial charge on any atom is -0.480 e. The van der Waals surface area contributed by atoms with Crippen molar-refractivity contribution >= 4 is 34.8 Å². The number of thioether (sulfide) groups is 1. The Kier molecular flexibility index (Phi) is 6.69. The Balaban J connectivity index is 1.96. The summed E-state index contributed by atoms with van der Waals surface area (Å²) in [6, 6.07) is -1.01. The number of carbonyl (C=O) groups excluding carboxylic acids is 3. The van der Waals surface area contributed by atoms with Crippen LogP contribution in [0.1, 0.15) is 33.1 Å². The largest absolute Gasteiger partial charge is 0.480 e. The van der Waals surface area contributed by atoms with Gasteiger partial charge in [-0.05, 0) is 12.8 Å². The lowest BCUT2D eigenvalue weighted by molar-refractivity contribution is -0.149. The molecule has 0 spiro atoms. The zero-order chi connectivity index (χ0) is 18.6. The molecule has 3 atom stereocenters. The number of carboxylic acid groups (broad SMARTS) is 1. The van der Waals surface area contributed by atoms with E-state index in [9.17, 15) is 24.3 Å². The Bertz CT molecular complexity index is 549. The van der Waals surface area contributed by atoms with Crippen molar-refractivity contribution in [2.45, 2.75) is 45.3 Å². The van der Waals surface area contributed by atoms with Crippen LogP contribution in [0, 0.1) is 5.92 Å². The summed E-state index contributed by atoms with van der Waals surface area (Å²) in [5, 5.41) is 9.30. The third-order valence-corrected chi connectivity index (χ3v) is 5.49. The molecule has 2 aliphatic rings. The lowest BCUT2D eigenvalue weighted by atomic mass is 10.1. The smallest absolute Gasteiger partial charge is 0.410 e. The van der Waals surface area contributed by atoms with E-state index in [4.69, 9.17) is 4.74 Å². The molecule has 140 valence electrons. The minimum absolute atomic E-state index is 0.0739. The molecule has 0 bridgehead atoms. The normalized spacial score (nSPS) is 24.2. The molecule has 2 fully saturated rings.